The van der Waals surface area contributed by atoms with Crippen molar-refractivity contribution < 1.29 is 13.2 Å². The quantitative estimate of drug-likeness (QED) is 0.535. The molecule has 0 unspecified atom stereocenters. The van der Waals surface area contributed by atoms with Gasteiger partial charge >= 0.3 is 0 Å². The van der Waals surface area contributed by atoms with Crippen LogP contribution in [0.1, 0.15) is 23.6 Å². The maximum atomic E-state index is 12.3. The molecule has 4 rings (SSSR count). The smallest absolute Gasteiger partial charge is 0.224 e. The van der Waals surface area contributed by atoms with E-state index < -0.39 is 9.84 Å². The zero-order valence-corrected chi connectivity index (χ0v) is 18.2. The van der Waals surface area contributed by atoms with Crippen molar-refractivity contribution >= 4 is 45.2 Å². The first-order valence-corrected chi connectivity index (χ1v) is 11.7. The van der Waals surface area contributed by atoms with Crippen LogP contribution >= 0.6 is 11.6 Å². The van der Waals surface area contributed by atoms with Gasteiger partial charge in [-0.15, -0.1) is 0 Å². The molecule has 1 aliphatic rings. The van der Waals surface area contributed by atoms with E-state index in [0.29, 0.717) is 16.5 Å². The second-order valence-electron chi connectivity index (χ2n) is 7.35. The van der Waals surface area contributed by atoms with Crippen molar-refractivity contribution in [2.24, 2.45) is 0 Å². The van der Waals surface area contributed by atoms with Crippen LogP contribution in [0.3, 0.4) is 0 Å². The van der Waals surface area contributed by atoms with Gasteiger partial charge in [0.25, 0.3) is 0 Å². The first-order valence-electron chi connectivity index (χ1n) is 9.41. The molecule has 30 heavy (non-hydrogen) atoms. The third-order valence-corrected chi connectivity index (χ3v) is 6.56. The van der Waals surface area contributed by atoms with E-state index in [9.17, 15) is 13.2 Å². The minimum atomic E-state index is -3.23. The van der Waals surface area contributed by atoms with Gasteiger partial charge in [0.1, 0.15) is 0 Å². The number of hydrogen-bond donors (Lipinski definition) is 0. The van der Waals surface area contributed by atoms with E-state index in [1.807, 2.05) is 48.6 Å². The molecule has 0 fully saturated rings. The lowest BCUT2D eigenvalue weighted by Gasteiger charge is -2.26. The minimum absolute atomic E-state index is 0.0414. The van der Waals surface area contributed by atoms with Crippen LogP contribution in [0.5, 0.6) is 0 Å². The summed E-state index contributed by atoms with van der Waals surface area (Å²) in [5.41, 5.74) is 5.63. The fourth-order valence-corrected chi connectivity index (χ4v) is 4.40. The van der Waals surface area contributed by atoms with Gasteiger partial charge in [0.2, 0.25) is 5.91 Å². The number of amides is 1. The number of nitrogens with zero attached hydrogens (tertiary/aromatic N) is 1. The van der Waals surface area contributed by atoms with Crippen LogP contribution in [-0.4, -0.2) is 20.6 Å². The summed E-state index contributed by atoms with van der Waals surface area (Å²) in [4.78, 5) is 14.4. The van der Waals surface area contributed by atoms with Crippen molar-refractivity contribution in [1.29, 1.82) is 0 Å². The van der Waals surface area contributed by atoms with Gasteiger partial charge in [-0.3, -0.25) is 4.79 Å². The molecule has 0 aromatic heterocycles. The van der Waals surface area contributed by atoms with Crippen LogP contribution in [0, 0.1) is 0 Å². The Morgan fingerprint density at radius 3 is 2.23 bits per heavy atom. The molecule has 0 saturated heterocycles. The summed E-state index contributed by atoms with van der Waals surface area (Å²) in [7, 11) is -3.23. The Balaban J connectivity index is 1.78. The molecule has 6 heteroatoms. The lowest BCUT2D eigenvalue weighted by molar-refractivity contribution is -0.116. The zero-order valence-electron chi connectivity index (χ0n) is 16.6. The Morgan fingerprint density at radius 2 is 1.57 bits per heavy atom. The number of sulfone groups is 1. The molecular weight excluding hydrogens is 418 g/mol. The van der Waals surface area contributed by atoms with E-state index in [2.05, 4.69) is 6.07 Å². The molecular formula is C24H20ClNO3S. The average Bonchev–Trinajstić information content (AvgIpc) is 2.69. The first-order chi connectivity index (χ1) is 14.2. The van der Waals surface area contributed by atoms with Gasteiger partial charge in [0, 0.05) is 18.2 Å². The molecule has 0 radical (unpaired) electrons. The van der Waals surface area contributed by atoms with Gasteiger partial charge in [0.15, 0.2) is 9.84 Å². The number of hydrogen-bond acceptors (Lipinski definition) is 3. The SMILES string of the molecule is CC(=O)N1Cc2ccc(-c3ccc(S(C)(=O)=O)cc3)cc2/C=C\c2cc(Cl)ccc21. The molecule has 0 aliphatic carbocycles. The van der Waals surface area contributed by atoms with Crippen molar-refractivity contribution in [2.75, 3.05) is 11.2 Å². The highest BCUT2D eigenvalue weighted by Crippen LogP contribution is 2.33. The van der Waals surface area contributed by atoms with Gasteiger partial charge < -0.3 is 4.90 Å². The first kappa shape index (κ1) is 20.4. The molecule has 0 bridgehead atoms. The van der Waals surface area contributed by atoms with Crippen molar-refractivity contribution in [3.63, 3.8) is 0 Å². The second-order valence-corrected chi connectivity index (χ2v) is 9.80. The summed E-state index contributed by atoms with van der Waals surface area (Å²) >= 11 is 6.17. The summed E-state index contributed by atoms with van der Waals surface area (Å²) in [6, 6.07) is 18.4. The van der Waals surface area contributed by atoms with Gasteiger partial charge in [-0.05, 0) is 64.2 Å². The lowest BCUT2D eigenvalue weighted by atomic mass is 9.96. The van der Waals surface area contributed by atoms with Crippen molar-refractivity contribution in [3.8, 4) is 11.1 Å². The topological polar surface area (TPSA) is 54.5 Å². The van der Waals surface area contributed by atoms with Crippen LogP contribution in [0.2, 0.25) is 5.02 Å². The number of carbonyl (C=O) groups is 1. The van der Waals surface area contributed by atoms with E-state index in [1.54, 1.807) is 30.0 Å². The van der Waals surface area contributed by atoms with Crippen LogP contribution in [0.25, 0.3) is 23.3 Å². The fourth-order valence-electron chi connectivity index (χ4n) is 3.59. The Hall–Kier alpha value is -2.89. The highest BCUT2D eigenvalue weighted by Gasteiger charge is 2.19. The van der Waals surface area contributed by atoms with Gasteiger partial charge in [-0.25, -0.2) is 8.42 Å². The molecule has 4 nitrogen and oxygen atoms in total. The number of carbonyl (C=O) groups excluding carboxylic acids is 1. The number of rotatable bonds is 2. The Kier molecular flexibility index (Phi) is 5.26. The number of benzene rings is 3. The fraction of sp³-hybridized carbons (Fsp3) is 0.125. The van der Waals surface area contributed by atoms with E-state index >= 15 is 0 Å². The molecule has 1 aliphatic heterocycles. The highest BCUT2D eigenvalue weighted by molar-refractivity contribution is 7.90. The third kappa shape index (κ3) is 4.04. The number of halogens is 1. The van der Waals surface area contributed by atoms with Gasteiger partial charge in [-0.2, -0.15) is 0 Å². The number of anilines is 1. The lowest BCUT2D eigenvalue weighted by Crippen LogP contribution is -2.29. The van der Waals surface area contributed by atoms with Crippen LogP contribution in [0.4, 0.5) is 5.69 Å². The van der Waals surface area contributed by atoms with Gasteiger partial charge in [-0.1, -0.05) is 48.0 Å². The van der Waals surface area contributed by atoms with Crippen molar-refractivity contribution in [1.82, 2.24) is 0 Å². The van der Waals surface area contributed by atoms with Crippen LogP contribution < -0.4 is 4.90 Å². The Morgan fingerprint density at radius 1 is 0.900 bits per heavy atom. The monoisotopic (exact) mass is 437 g/mol. The summed E-state index contributed by atoms with van der Waals surface area (Å²) in [5.74, 6) is -0.0414. The Labute approximate surface area is 181 Å². The molecule has 0 spiro atoms. The second kappa shape index (κ2) is 7.74. The van der Waals surface area contributed by atoms with Gasteiger partial charge in [0.05, 0.1) is 17.1 Å². The summed E-state index contributed by atoms with van der Waals surface area (Å²) in [5, 5.41) is 0.613. The standard InChI is InChI=1S/C24H20ClNO3S/c1-16(27)26-15-21-6-4-18(17-7-10-23(11-8-17)30(2,28)29)13-19(21)3-5-20-14-22(25)9-12-24(20)26/h3-14H,15H2,1-2H3/b5-3-. The zero-order chi connectivity index (χ0) is 21.5. The average molecular weight is 438 g/mol. The van der Waals surface area contributed by atoms with E-state index in [1.165, 1.54) is 6.26 Å². The van der Waals surface area contributed by atoms with E-state index in [-0.39, 0.29) is 5.91 Å². The summed E-state index contributed by atoms with van der Waals surface area (Å²) < 4.78 is 23.4. The molecule has 0 saturated carbocycles. The normalized spacial score (nSPS) is 14.3. The largest absolute Gasteiger partial charge is 0.308 e. The molecule has 1 amide bonds. The minimum Gasteiger partial charge on any atom is -0.308 e. The maximum Gasteiger partial charge on any atom is 0.224 e. The van der Waals surface area contributed by atoms with Crippen molar-refractivity contribution in [2.45, 2.75) is 18.4 Å². The van der Waals surface area contributed by atoms with E-state index in [0.717, 1.165) is 33.5 Å². The van der Waals surface area contributed by atoms with Crippen LogP contribution in [0.15, 0.2) is 65.6 Å². The predicted molar refractivity (Wildman–Crippen MR) is 122 cm³/mol. The summed E-state index contributed by atoms with van der Waals surface area (Å²) in [6.07, 6.45) is 5.19. The Bertz CT molecular complexity index is 1280. The highest BCUT2D eigenvalue weighted by atomic mass is 35.5. The molecule has 3 aromatic carbocycles. The van der Waals surface area contributed by atoms with Crippen LogP contribution in [-0.2, 0) is 21.2 Å². The third-order valence-electron chi connectivity index (χ3n) is 5.19. The number of fused-ring (bicyclic) bond motifs is 2. The van der Waals surface area contributed by atoms with Crippen molar-refractivity contribution in [3.05, 3.63) is 82.4 Å². The predicted octanol–water partition coefficient (Wildman–Crippen LogP) is 5.45. The molecule has 152 valence electrons. The summed E-state index contributed by atoms with van der Waals surface area (Å²) in [6.45, 7) is 2.01. The molecule has 3 aromatic rings. The molecule has 0 atom stereocenters. The molecule has 1 heterocycles. The molecule has 0 N–H and O–H groups in total. The maximum absolute atomic E-state index is 12.3. The van der Waals surface area contributed by atoms with E-state index in [4.69, 9.17) is 11.6 Å².